The van der Waals surface area contributed by atoms with E-state index in [0.29, 0.717) is 18.7 Å². The summed E-state index contributed by atoms with van der Waals surface area (Å²) >= 11 is 1.69. The summed E-state index contributed by atoms with van der Waals surface area (Å²) < 4.78 is 5.46. The van der Waals surface area contributed by atoms with Gasteiger partial charge in [-0.15, -0.1) is 11.3 Å². The van der Waals surface area contributed by atoms with Crippen LogP contribution in [-0.4, -0.2) is 16.9 Å². The van der Waals surface area contributed by atoms with E-state index in [2.05, 4.69) is 11.0 Å². The number of hydrogen-bond acceptors (Lipinski definition) is 5. The molecule has 6 heteroatoms. The molecule has 3 aromatic rings. The number of para-hydroxylation sites is 2. The lowest BCUT2D eigenvalue weighted by Crippen LogP contribution is -2.22. The van der Waals surface area contributed by atoms with Crippen molar-refractivity contribution in [3.05, 3.63) is 92.2 Å². The van der Waals surface area contributed by atoms with Crippen LogP contribution >= 0.6 is 11.3 Å². The summed E-state index contributed by atoms with van der Waals surface area (Å²) in [5.41, 5.74) is 1.93. The van der Waals surface area contributed by atoms with Crippen molar-refractivity contribution in [2.75, 3.05) is 7.11 Å². The van der Waals surface area contributed by atoms with Gasteiger partial charge in [0.15, 0.2) is 0 Å². The van der Waals surface area contributed by atoms with Gasteiger partial charge < -0.3 is 4.74 Å². The van der Waals surface area contributed by atoms with E-state index < -0.39 is 0 Å². The minimum atomic E-state index is -0.318. The molecule has 0 N–H and O–H groups in total. The van der Waals surface area contributed by atoms with Gasteiger partial charge in [0.05, 0.1) is 12.0 Å². The molecule has 0 saturated heterocycles. The lowest BCUT2D eigenvalue weighted by Gasteiger charge is -2.23. The minimum Gasteiger partial charge on any atom is -0.496 e. The molecule has 5 nitrogen and oxygen atoms in total. The van der Waals surface area contributed by atoms with E-state index in [1.165, 1.54) is 4.88 Å². The third-order valence-electron chi connectivity index (χ3n) is 4.13. The first-order chi connectivity index (χ1) is 12.7. The van der Waals surface area contributed by atoms with Crippen molar-refractivity contribution in [3.8, 4) is 5.75 Å². The predicted octanol–water partition coefficient (Wildman–Crippen LogP) is 4.87. The second kappa shape index (κ2) is 8.60. The van der Waals surface area contributed by atoms with Crippen molar-refractivity contribution in [2.45, 2.75) is 19.6 Å². The standard InChI is InChI=1S/C20H20N2O3S/c1-25-20-11-5-3-8-17(20)14-21(15-18-9-6-12-26-18)13-16-7-2-4-10-19(16)22(23)24/h2-12H,13-15H2,1H3. The van der Waals surface area contributed by atoms with E-state index in [4.69, 9.17) is 4.74 Å². The Hall–Kier alpha value is -2.70. The van der Waals surface area contributed by atoms with Crippen LogP contribution in [0.2, 0.25) is 0 Å². The largest absolute Gasteiger partial charge is 0.496 e. The van der Waals surface area contributed by atoms with E-state index in [9.17, 15) is 10.1 Å². The smallest absolute Gasteiger partial charge is 0.273 e. The molecule has 1 heterocycles. The molecule has 0 unspecified atom stereocenters. The average molecular weight is 368 g/mol. The number of nitrogens with zero attached hydrogens (tertiary/aromatic N) is 2. The first kappa shape index (κ1) is 18.1. The van der Waals surface area contributed by atoms with Gasteiger partial charge in [0, 0.05) is 41.7 Å². The van der Waals surface area contributed by atoms with E-state index in [0.717, 1.165) is 17.9 Å². The molecule has 0 atom stereocenters. The molecule has 134 valence electrons. The molecule has 0 radical (unpaired) electrons. The highest BCUT2D eigenvalue weighted by molar-refractivity contribution is 7.09. The quantitative estimate of drug-likeness (QED) is 0.420. The fraction of sp³-hybridized carbons (Fsp3) is 0.200. The molecule has 0 spiro atoms. The van der Waals surface area contributed by atoms with E-state index in [-0.39, 0.29) is 10.6 Å². The fourth-order valence-electron chi connectivity index (χ4n) is 2.93. The summed E-state index contributed by atoms with van der Waals surface area (Å²) in [4.78, 5) is 14.5. The minimum absolute atomic E-state index is 0.156. The van der Waals surface area contributed by atoms with Gasteiger partial charge in [-0.1, -0.05) is 42.5 Å². The molecule has 1 aromatic heterocycles. The summed E-state index contributed by atoms with van der Waals surface area (Å²) in [6.45, 7) is 1.86. The number of benzene rings is 2. The lowest BCUT2D eigenvalue weighted by atomic mass is 10.1. The van der Waals surface area contributed by atoms with Gasteiger partial charge >= 0.3 is 0 Å². The number of ether oxygens (including phenoxy) is 1. The Morgan fingerprint density at radius 1 is 0.962 bits per heavy atom. The van der Waals surface area contributed by atoms with Crippen LogP contribution in [0.3, 0.4) is 0 Å². The molecule has 0 aliphatic carbocycles. The molecule has 0 fully saturated rings. The molecular weight excluding hydrogens is 348 g/mol. The zero-order valence-electron chi connectivity index (χ0n) is 14.5. The molecule has 0 aliphatic heterocycles. The number of thiophene rings is 1. The van der Waals surface area contributed by atoms with Crippen LogP contribution in [0.15, 0.2) is 66.0 Å². The van der Waals surface area contributed by atoms with Gasteiger partial charge in [0.2, 0.25) is 0 Å². The third-order valence-corrected chi connectivity index (χ3v) is 4.99. The zero-order valence-corrected chi connectivity index (χ0v) is 15.3. The maximum Gasteiger partial charge on any atom is 0.273 e. The van der Waals surface area contributed by atoms with Crippen LogP contribution in [0.25, 0.3) is 0 Å². The highest BCUT2D eigenvalue weighted by Gasteiger charge is 2.17. The summed E-state index contributed by atoms with van der Waals surface area (Å²) in [7, 11) is 1.66. The van der Waals surface area contributed by atoms with Gasteiger partial charge in [0.1, 0.15) is 5.75 Å². The maximum absolute atomic E-state index is 11.3. The molecule has 3 rings (SSSR count). The van der Waals surface area contributed by atoms with Crippen LogP contribution in [-0.2, 0) is 19.6 Å². The van der Waals surface area contributed by atoms with Crippen molar-refractivity contribution >= 4 is 17.0 Å². The van der Waals surface area contributed by atoms with Crippen molar-refractivity contribution < 1.29 is 9.66 Å². The fourth-order valence-corrected chi connectivity index (χ4v) is 3.67. The molecule has 0 saturated carbocycles. The normalized spacial score (nSPS) is 10.8. The Labute approximate surface area is 156 Å². The van der Waals surface area contributed by atoms with Crippen LogP contribution in [0.5, 0.6) is 5.75 Å². The van der Waals surface area contributed by atoms with Crippen LogP contribution in [0.4, 0.5) is 5.69 Å². The number of nitro benzene ring substituents is 1. The Morgan fingerprint density at radius 3 is 2.35 bits per heavy atom. The summed E-state index contributed by atoms with van der Waals surface area (Å²) in [6, 6.07) is 18.9. The number of methoxy groups -OCH3 is 1. The number of hydrogen-bond donors (Lipinski definition) is 0. The maximum atomic E-state index is 11.3. The van der Waals surface area contributed by atoms with Gasteiger partial charge in [0.25, 0.3) is 5.69 Å². The monoisotopic (exact) mass is 368 g/mol. The van der Waals surface area contributed by atoms with Crippen molar-refractivity contribution in [3.63, 3.8) is 0 Å². The Kier molecular flexibility index (Phi) is 5.99. The highest BCUT2D eigenvalue weighted by Crippen LogP contribution is 2.25. The van der Waals surface area contributed by atoms with Gasteiger partial charge in [-0.3, -0.25) is 15.0 Å². The van der Waals surface area contributed by atoms with Crippen molar-refractivity contribution in [1.82, 2.24) is 4.90 Å². The number of nitro groups is 1. The highest BCUT2D eigenvalue weighted by atomic mass is 32.1. The second-order valence-corrected chi connectivity index (χ2v) is 6.95. The van der Waals surface area contributed by atoms with Gasteiger partial charge in [-0.25, -0.2) is 0 Å². The molecule has 0 bridgehead atoms. The van der Waals surface area contributed by atoms with E-state index in [1.807, 2.05) is 47.8 Å². The van der Waals surface area contributed by atoms with Crippen molar-refractivity contribution in [1.29, 1.82) is 0 Å². The van der Waals surface area contributed by atoms with E-state index in [1.54, 1.807) is 30.6 Å². The topological polar surface area (TPSA) is 55.6 Å². The van der Waals surface area contributed by atoms with Crippen LogP contribution in [0.1, 0.15) is 16.0 Å². The summed E-state index contributed by atoms with van der Waals surface area (Å²) in [5.74, 6) is 0.825. The van der Waals surface area contributed by atoms with Crippen LogP contribution < -0.4 is 4.74 Å². The summed E-state index contributed by atoms with van der Waals surface area (Å²) in [5, 5.41) is 13.4. The van der Waals surface area contributed by atoms with Crippen LogP contribution in [0, 0.1) is 10.1 Å². The number of rotatable bonds is 8. The Bertz CT molecular complexity index is 865. The third kappa shape index (κ3) is 4.47. The summed E-state index contributed by atoms with van der Waals surface area (Å²) in [6.07, 6.45) is 0. The average Bonchev–Trinajstić information content (AvgIpc) is 3.15. The molecule has 2 aromatic carbocycles. The first-order valence-corrected chi connectivity index (χ1v) is 9.14. The Balaban J connectivity index is 1.87. The first-order valence-electron chi connectivity index (χ1n) is 8.26. The van der Waals surface area contributed by atoms with Gasteiger partial charge in [-0.2, -0.15) is 0 Å². The molecule has 0 amide bonds. The predicted molar refractivity (Wildman–Crippen MR) is 103 cm³/mol. The molecule has 26 heavy (non-hydrogen) atoms. The molecule has 0 aliphatic rings. The van der Waals surface area contributed by atoms with Crippen molar-refractivity contribution in [2.24, 2.45) is 0 Å². The second-order valence-electron chi connectivity index (χ2n) is 5.92. The van der Waals surface area contributed by atoms with E-state index >= 15 is 0 Å². The zero-order chi connectivity index (χ0) is 18.4. The lowest BCUT2D eigenvalue weighted by molar-refractivity contribution is -0.385. The molecular formula is C20H20N2O3S. The van der Waals surface area contributed by atoms with Gasteiger partial charge in [-0.05, 0) is 17.5 Å². The Morgan fingerprint density at radius 2 is 1.65 bits per heavy atom. The SMILES string of the molecule is COc1ccccc1CN(Cc1cccs1)Cc1ccccc1[N+](=O)[O-].